The van der Waals surface area contributed by atoms with E-state index >= 15 is 0 Å². The van der Waals surface area contributed by atoms with Crippen molar-refractivity contribution in [2.24, 2.45) is 5.10 Å². The van der Waals surface area contributed by atoms with Gasteiger partial charge in [-0.3, -0.25) is 4.79 Å². The highest BCUT2D eigenvalue weighted by atomic mass is 35.5. The largest absolute Gasteiger partial charge is 0.451 e. The molecule has 1 aliphatic rings. The summed E-state index contributed by atoms with van der Waals surface area (Å²) in [6, 6.07) is 10.5. The van der Waals surface area contributed by atoms with Crippen LogP contribution in [0, 0.1) is 0 Å². The van der Waals surface area contributed by atoms with E-state index in [0.717, 1.165) is 24.4 Å². The lowest BCUT2D eigenvalue weighted by molar-refractivity contribution is 0.0929. The first kappa shape index (κ1) is 15.8. The first-order chi connectivity index (χ1) is 12.2. The van der Waals surface area contributed by atoms with Crippen molar-refractivity contribution in [2.75, 3.05) is 18.0 Å². The lowest BCUT2D eigenvalue weighted by Crippen LogP contribution is -2.17. The van der Waals surface area contributed by atoms with E-state index < -0.39 is 5.91 Å². The van der Waals surface area contributed by atoms with Gasteiger partial charge in [0, 0.05) is 29.6 Å². The monoisotopic (exact) mass is 357 g/mol. The van der Waals surface area contributed by atoms with E-state index in [1.807, 2.05) is 12.1 Å². The molecule has 0 unspecified atom stereocenters. The van der Waals surface area contributed by atoms with E-state index in [1.54, 1.807) is 24.3 Å². The van der Waals surface area contributed by atoms with Crippen LogP contribution in [0.1, 0.15) is 29.2 Å². The van der Waals surface area contributed by atoms with Gasteiger partial charge in [-0.2, -0.15) is 5.10 Å². The molecule has 1 fully saturated rings. The van der Waals surface area contributed by atoms with Gasteiger partial charge in [0.1, 0.15) is 11.3 Å². The fourth-order valence-corrected chi connectivity index (χ4v) is 3.04. The molecule has 25 heavy (non-hydrogen) atoms. The van der Waals surface area contributed by atoms with Gasteiger partial charge in [0.25, 0.3) is 0 Å². The van der Waals surface area contributed by atoms with E-state index in [4.69, 9.17) is 20.4 Å². The number of halogens is 1. The Balaban J connectivity index is 1.41. The van der Waals surface area contributed by atoms with E-state index in [0.29, 0.717) is 16.4 Å². The lowest BCUT2D eigenvalue weighted by atomic mass is 10.2. The Bertz CT molecular complexity index is 938. The van der Waals surface area contributed by atoms with E-state index in [1.165, 1.54) is 19.1 Å². The van der Waals surface area contributed by atoms with Gasteiger partial charge in [0.15, 0.2) is 11.6 Å². The second kappa shape index (κ2) is 6.64. The number of hydrogen-bond donors (Lipinski definition) is 1. The fourth-order valence-electron chi connectivity index (χ4n) is 2.85. The molecule has 128 valence electrons. The molecule has 1 amide bonds. The quantitative estimate of drug-likeness (QED) is 0.565. The second-order valence-electron chi connectivity index (χ2n) is 5.86. The Morgan fingerprint density at radius 3 is 2.84 bits per heavy atom. The van der Waals surface area contributed by atoms with Gasteiger partial charge in [0.2, 0.25) is 0 Å². The van der Waals surface area contributed by atoms with Crippen molar-refractivity contribution in [3.05, 3.63) is 52.9 Å². The molecule has 1 aromatic carbocycles. The number of rotatable bonds is 4. The summed E-state index contributed by atoms with van der Waals surface area (Å²) in [5.41, 5.74) is 3.03. The van der Waals surface area contributed by atoms with Crippen molar-refractivity contribution in [1.29, 1.82) is 0 Å². The number of fused-ring (bicyclic) bond motifs is 1. The maximum absolute atomic E-state index is 12.1. The molecule has 4 rings (SSSR count). The average molecular weight is 358 g/mol. The summed E-state index contributed by atoms with van der Waals surface area (Å²) in [6.07, 6.45) is 3.84. The number of nitrogens with one attached hydrogen (secondary N) is 1. The number of amides is 1. The zero-order valence-electron chi connectivity index (χ0n) is 13.4. The van der Waals surface area contributed by atoms with Crippen molar-refractivity contribution < 1.29 is 13.6 Å². The molecule has 0 spiro atoms. The van der Waals surface area contributed by atoms with Crippen LogP contribution in [0.2, 0.25) is 5.02 Å². The fraction of sp³-hybridized carbons (Fsp3) is 0.222. The number of hydrazone groups is 1. The minimum Gasteiger partial charge on any atom is -0.451 e. The van der Waals surface area contributed by atoms with Crippen LogP contribution in [0.5, 0.6) is 0 Å². The standard InChI is InChI=1S/C18H16ClN3O3/c19-13-3-5-15-12(9-13)10-16(25-15)18(23)21-20-11-14-4-6-17(24-14)22-7-1-2-8-22/h3-6,9-11H,1-2,7-8H2,(H,21,23). The zero-order chi connectivity index (χ0) is 17.2. The summed E-state index contributed by atoms with van der Waals surface area (Å²) >= 11 is 5.93. The van der Waals surface area contributed by atoms with Crippen LogP contribution in [-0.2, 0) is 0 Å². The van der Waals surface area contributed by atoms with Crippen LogP contribution >= 0.6 is 11.6 Å². The summed E-state index contributed by atoms with van der Waals surface area (Å²) in [6.45, 7) is 2.02. The van der Waals surface area contributed by atoms with Crippen LogP contribution in [0.4, 0.5) is 5.88 Å². The third-order valence-electron chi connectivity index (χ3n) is 4.09. The summed E-state index contributed by atoms with van der Waals surface area (Å²) in [4.78, 5) is 14.3. The molecule has 1 aliphatic heterocycles. The first-order valence-electron chi connectivity index (χ1n) is 8.06. The van der Waals surface area contributed by atoms with Gasteiger partial charge in [-0.05, 0) is 43.2 Å². The Morgan fingerprint density at radius 1 is 1.16 bits per heavy atom. The number of hydrogen-bond acceptors (Lipinski definition) is 5. The number of nitrogens with zero attached hydrogens (tertiary/aromatic N) is 2. The molecule has 0 saturated carbocycles. The predicted octanol–water partition coefficient (Wildman–Crippen LogP) is 4.04. The number of carbonyl (C=O) groups is 1. The van der Waals surface area contributed by atoms with Gasteiger partial charge in [-0.25, -0.2) is 5.43 Å². The summed E-state index contributed by atoms with van der Waals surface area (Å²) in [5.74, 6) is 1.15. The molecule has 6 nitrogen and oxygen atoms in total. The van der Waals surface area contributed by atoms with Crippen LogP contribution in [-0.4, -0.2) is 25.2 Å². The Labute approximate surface area is 149 Å². The molecular formula is C18H16ClN3O3. The highest BCUT2D eigenvalue weighted by Crippen LogP contribution is 2.23. The van der Waals surface area contributed by atoms with Gasteiger partial charge < -0.3 is 13.7 Å². The molecule has 0 aliphatic carbocycles. The van der Waals surface area contributed by atoms with Crippen molar-refractivity contribution in [2.45, 2.75) is 12.8 Å². The van der Waals surface area contributed by atoms with Crippen LogP contribution in [0.15, 0.2) is 50.3 Å². The molecule has 2 aromatic heterocycles. The Hall–Kier alpha value is -2.73. The number of anilines is 1. The minimum absolute atomic E-state index is 0.173. The van der Waals surface area contributed by atoms with Crippen molar-refractivity contribution in [3.8, 4) is 0 Å². The molecular weight excluding hydrogens is 342 g/mol. The smallest absolute Gasteiger partial charge is 0.307 e. The van der Waals surface area contributed by atoms with Crippen molar-refractivity contribution in [3.63, 3.8) is 0 Å². The van der Waals surface area contributed by atoms with E-state index in [-0.39, 0.29) is 5.76 Å². The van der Waals surface area contributed by atoms with Gasteiger partial charge in [0.05, 0.1) is 6.21 Å². The molecule has 3 aromatic rings. The Kier molecular flexibility index (Phi) is 4.19. The highest BCUT2D eigenvalue weighted by molar-refractivity contribution is 6.31. The summed E-state index contributed by atoms with van der Waals surface area (Å²) in [7, 11) is 0. The Morgan fingerprint density at radius 2 is 2.00 bits per heavy atom. The SMILES string of the molecule is O=C(NN=Cc1ccc(N2CCCC2)o1)c1cc2cc(Cl)ccc2o1. The van der Waals surface area contributed by atoms with Crippen molar-refractivity contribution in [1.82, 2.24) is 5.43 Å². The number of furan rings is 2. The normalized spacial score (nSPS) is 14.7. The highest BCUT2D eigenvalue weighted by Gasteiger charge is 2.15. The van der Waals surface area contributed by atoms with Crippen LogP contribution < -0.4 is 10.3 Å². The zero-order valence-corrected chi connectivity index (χ0v) is 14.1. The summed E-state index contributed by atoms with van der Waals surface area (Å²) in [5, 5.41) is 5.28. The van der Waals surface area contributed by atoms with E-state index in [9.17, 15) is 4.79 Å². The second-order valence-corrected chi connectivity index (χ2v) is 6.30. The van der Waals surface area contributed by atoms with Crippen LogP contribution in [0.25, 0.3) is 11.0 Å². The number of carbonyl (C=O) groups excluding carboxylic acids is 1. The van der Waals surface area contributed by atoms with Crippen molar-refractivity contribution >= 4 is 40.6 Å². The molecule has 0 bridgehead atoms. The maximum Gasteiger partial charge on any atom is 0.307 e. The predicted molar refractivity (Wildman–Crippen MR) is 96.4 cm³/mol. The maximum atomic E-state index is 12.1. The molecule has 7 heteroatoms. The molecule has 3 heterocycles. The molecule has 1 saturated heterocycles. The van der Waals surface area contributed by atoms with Gasteiger partial charge >= 0.3 is 5.91 Å². The third kappa shape index (κ3) is 3.39. The molecule has 1 N–H and O–H groups in total. The van der Waals surface area contributed by atoms with Crippen LogP contribution in [0.3, 0.4) is 0 Å². The first-order valence-corrected chi connectivity index (χ1v) is 8.44. The van der Waals surface area contributed by atoms with Gasteiger partial charge in [-0.1, -0.05) is 11.6 Å². The minimum atomic E-state index is -0.435. The lowest BCUT2D eigenvalue weighted by Gasteiger charge is -2.12. The number of benzene rings is 1. The molecule has 0 atom stereocenters. The van der Waals surface area contributed by atoms with Gasteiger partial charge in [-0.15, -0.1) is 0 Å². The topological polar surface area (TPSA) is 71.0 Å². The molecule has 0 radical (unpaired) electrons. The third-order valence-corrected chi connectivity index (χ3v) is 4.33. The average Bonchev–Trinajstić information content (AvgIpc) is 3.34. The van der Waals surface area contributed by atoms with E-state index in [2.05, 4.69) is 15.4 Å². The summed E-state index contributed by atoms with van der Waals surface area (Å²) < 4.78 is 11.2.